The molecule has 0 atom stereocenters. The van der Waals surface area contributed by atoms with Gasteiger partial charge >= 0.3 is 0 Å². The molecule has 0 aliphatic carbocycles. The number of anilines is 3. The summed E-state index contributed by atoms with van der Waals surface area (Å²) in [6.45, 7) is 3.85. The van der Waals surface area contributed by atoms with Gasteiger partial charge in [0.15, 0.2) is 5.82 Å². The molecule has 1 aliphatic rings. The predicted molar refractivity (Wildman–Crippen MR) is 87.2 cm³/mol. The van der Waals surface area contributed by atoms with Crippen LogP contribution in [0.2, 0.25) is 5.15 Å². The highest BCUT2D eigenvalue weighted by atomic mass is 35.5. The van der Waals surface area contributed by atoms with Gasteiger partial charge in [-0.2, -0.15) is 0 Å². The van der Waals surface area contributed by atoms with Crippen LogP contribution in [-0.2, 0) is 4.74 Å². The van der Waals surface area contributed by atoms with E-state index in [1.54, 1.807) is 12.1 Å². The van der Waals surface area contributed by atoms with Crippen LogP contribution < -0.4 is 15.3 Å². The molecule has 1 aliphatic heterocycles. The van der Waals surface area contributed by atoms with Gasteiger partial charge in [0.25, 0.3) is 0 Å². The Morgan fingerprint density at radius 3 is 2.79 bits per heavy atom. The van der Waals surface area contributed by atoms with Crippen molar-refractivity contribution in [2.24, 2.45) is 5.41 Å². The minimum absolute atomic E-state index is 0.00835. The van der Waals surface area contributed by atoms with E-state index in [0.29, 0.717) is 37.1 Å². The van der Waals surface area contributed by atoms with Gasteiger partial charge in [0.05, 0.1) is 37.9 Å². The summed E-state index contributed by atoms with van der Waals surface area (Å²) in [5, 5.41) is 22.1. The maximum atomic E-state index is 9.46. The molecule has 2 aromatic rings. The number of nitrogens with zero attached hydrogens (tertiary/aromatic N) is 3. The van der Waals surface area contributed by atoms with E-state index in [4.69, 9.17) is 21.1 Å². The number of hydrogen-bond donors (Lipinski definition) is 3. The van der Waals surface area contributed by atoms with Crippen molar-refractivity contribution in [3.63, 3.8) is 0 Å². The van der Waals surface area contributed by atoms with E-state index >= 15 is 0 Å². The van der Waals surface area contributed by atoms with Gasteiger partial charge in [-0.05, 0) is 12.1 Å². The molecule has 0 radical (unpaired) electrons. The van der Waals surface area contributed by atoms with Crippen LogP contribution in [-0.4, -0.2) is 40.2 Å². The molecule has 128 valence electrons. The molecule has 0 spiro atoms. The summed E-state index contributed by atoms with van der Waals surface area (Å²) in [4.78, 5) is 7.96. The molecule has 1 aromatic heterocycles. The lowest BCUT2D eigenvalue weighted by atomic mass is 9.90. The van der Waals surface area contributed by atoms with Crippen molar-refractivity contribution >= 4 is 28.8 Å². The number of halogens is 1. The number of nitrogens with one attached hydrogen (secondary N) is 1. The van der Waals surface area contributed by atoms with Gasteiger partial charge in [-0.25, -0.2) is 4.98 Å². The molecule has 3 rings (SSSR count). The first-order valence-corrected chi connectivity index (χ1v) is 7.60. The van der Waals surface area contributed by atoms with Crippen molar-refractivity contribution in [1.29, 1.82) is 0 Å². The van der Waals surface area contributed by atoms with Crippen LogP contribution in [0.5, 0.6) is 5.75 Å². The molecule has 8 nitrogen and oxygen atoms in total. The smallest absolute Gasteiger partial charge is 0.150 e. The number of rotatable bonds is 6. The highest BCUT2D eigenvalue weighted by Crippen LogP contribution is 2.33. The molecule has 1 saturated heterocycles. The van der Waals surface area contributed by atoms with Gasteiger partial charge < -0.3 is 14.8 Å². The second-order valence-corrected chi connectivity index (χ2v) is 6.30. The van der Waals surface area contributed by atoms with Gasteiger partial charge in [-0.1, -0.05) is 18.5 Å². The van der Waals surface area contributed by atoms with Crippen LogP contribution in [0.15, 0.2) is 30.6 Å². The zero-order valence-corrected chi connectivity index (χ0v) is 13.7. The third-order valence-electron chi connectivity index (χ3n) is 3.54. The maximum Gasteiger partial charge on any atom is 0.150 e. The molecule has 1 fully saturated rings. The number of benzene rings is 1. The fourth-order valence-corrected chi connectivity index (χ4v) is 2.35. The van der Waals surface area contributed by atoms with E-state index in [1.165, 1.54) is 18.5 Å². The van der Waals surface area contributed by atoms with Crippen molar-refractivity contribution in [2.45, 2.75) is 6.92 Å². The molecule has 1 aromatic carbocycles. The summed E-state index contributed by atoms with van der Waals surface area (Å²) in [7, 11) is 0. The van der Waals surface area contributed by atoms with E-state index in [1.807, 2.05) is 0 Å². The minimum atomic E-state index is -0.00835. The molecule has 0 bridgehead atoms. The lowest BCUT2D eigenvalue weighted by Crippen LogP contribution is -2.44. The fourth-order valence-electron chi connectivity index (χ4n) is 2.20. The molecule has 2 heterocycles. The maximum absolute atomic E-state index is 9.46. The first-order chi connectivity index (χ1) is 11.5. The Morgan fingerprint density at radius 1 is 1.38 bits per heavy atom. The van der Waals surface area contributed by atoms with E-state index in [2.05, 4.69) is 22.2 Å². The van der Waals surface area contributed by atoms with Crippen LogP contribution in [0, 0.1) is 5.41 Å². The Labute approximate surface area is 143 Å². The van der Waals surface area contributed by atoms with Gasteiger partial charge in [0.1, 0.15) is 16.6 Å². The Bertz CT molecular complexity index is 724. The van der Waals surface area contributed by atoms with Crippen LogP contribution in [0.3, 0.4) is 0 Å². The largest absolute Gasteiger partial charge is 0.493 e. The molecule has 0 amide bonds. The van der Waals surface area contributed by atoms with Crippen molar-refractivity contribution in [3.05, 3.63) is 35.7 Å². The average Bonchev–Trinajstić information content (AvgIpc) is 2.52. The van der Waals surface area contributed by atoms with Gasteiger partial charge in [-0.15, -0.1) is 5.23 Å². The summed E-state index contributed by atoms with van der Waals surface area (Å²) in [5.74, 6) is 0.882. The average molecular weight is 353 g/mol. The predicted octanol–water partition coefficient (Wildman–Crippen LogP) is 2.87. The Hall–Kier alpha value is -2.13. The number of aromatic nitrogens is 2. The van der Waals surface area contributed by atoms with E-state index in [0.717, 1.165) is 0 Å². The van der Waals surface area contributed by atoms with Crippen molar-refractivity contribution in [2.75, 3.05) is 30.4 Å². The molecule has 3 N–H and O–H groups in total. The van der Waals surface area contributed by atoms with Crippen molar-refractivity contribution in [3.8, 4) is 5.75 Å². The number of hydrogen-bond acceptors (Lipinski definition) is 8. The molecule has 9 heteroatoms. The SMILES string of the molecule is CC1(COc2ccc(Nc3cncc(Cl)n3)c(N(O)O)c2)COC1. The highest BCUT2D eigenvalue weighted by molar-refractivity contribution is 6.29. The monoisotopic (exact) mass is 352 g/mol. The normalized spacial score (nSPS) is 15.5. The van der Waals surface area contributed by atoms with E-state index in [-0.39, 0.29) is 21.5 Å². The third-order valence-corrected chi connectivity index (χ3v) is 3.72. The molecular formula is C15H17ClN4O4. The Morgan fingerprint density at radius 2 is 2.17 bits per heavy atom. The second-order valence-electron chi connectivity index (χ2n) is 5.91. The summed E-state index contributed by atoms with van der Waals surface area (Å²) >= 11 is 5.79. The van der Waals surface area contributed by atoms with Crippen LogP contribution >= 0.6 is 11.6 Å². The van der Waals surface area contributed by atoms with Crippen molar-refractivity contribution < 1.29 is 19.9 Å². The zero-order chi connectivity index (χ0) is 17.2. The molecule has 0 saturated carbocycles. The van der Waals surface area contributed by atoms with Crippen LogP contribution in [0.1, 0.15) is 6.92 Å². The topological polar surface area (TPSA) is 100.0 Å². The van der Waals surface area contributed by atoms with Crippen LogP contribution in [0.25, 0.3) is 0 Å². The zero-order valence-electron chi connectivity index (χ0n) is 12.9. The third kappa shape index (κ3) is 3.85. The summed E-state index contributed by atoms with van der Waals surface area (Å²) in [6, 6.07) is 4.87. The Balaban J connectivity index is 1.76. The van der Waals surface area contributed by atoms with Gasteiger partial charge in [0.2, 0.25) is 0 Å². The minimum Gasteiger partial charge on any atom is -0.493 e. The molecule has 0 unspecified atom stereocenters. The summed E-state index contributed by atoms with van der Waals surface area (Å²) in [6.07, 6.45) is 2.87. The summed E-state index contributed by atoms with van der Waals surface area (Å²) in [5.41, 5.74) is 0.498. The first kappa shape index (κ1) is 16.7. The standard InChI is InChI=1S/C15H17ClN4O4/c1-15(7-23-8-15)9-24-10-2-3-11(12(4-10)20(21)22)18-14-6-17-5-13(16)19-14/h2-6,21-22H,7-9H2,1H3,(H,18,19). The lowest BCUT2D eigenvalue weighted by molar-refractivity contribution is -0.120. The highest BCUT2D eigenvalue weighted by Gasteiger charge is 2.34. The summed E-state index contributed by atoms with van der Waals surface area (Å²) < 4.78 is 10.9. The lowest BCUT2D eigenvalue weighted by Gasteiger charge is -2.37. The van der Waals surface area contributed by atoms with Gasteiger partial charge in [-0.3, -0.25) is 15.4 Å². The quantitative estimate of drug-likeness (QED) is 0.682. The van der Waals surface area contributed by atoms with E-state index in [9.17, 15) is 10.4 Å². The van der Waals surface area contributed by atoms with Crippen molar-refractivity contribution in [1.82, 2.24) is 9.97 Å². The van der Waals surface area contributed by atoms with Crippen LogP contribution in [0.4, 0.5) is 17.2 Å². The van der Waals surface area contributed by atoms with Gasteiger partial charge in [0, 0.05) is 11.5 Å². The second kappa shape index (κ2) is 6.78. The molecular weight excluding hydrogens is 336 g/mol. The first-order valence-electron chi connectivity index (χ1n) is 7.22. The number of ether oxygens (including phenoxy) is 2. The van der Waals surface area contributed by atoms with E-state index < -0.39 is 0 Å². The molecule has 24 heavy (non-hydrogen) atoms. The Kier molecular flexibility index (Phi) is 4.72. The fraction of sp³-hybridized carbons (Fsp3) is 0.333.